The van der Waals surface area contributed by atoms with E-state index in [1.807, 2.05) is 0 Å². The highest BCUT2D eigenvalue weighted by Crippen LogP contribution is 2.44. The number of carboxylic acid groups (broad SMARTS) is 1. The highest BCUT2D eigenvalue weighted by atomic mass is 35.5. The molecule has 3 fully saturated rings. The number of piperazine rings is 1. The standard InChI is InChI=1S/C25H26ClF2N3O6S/c26-16-4-6-18(7-5-16)37-22-20(27)12-19(13-21(22)28)38(35,36)31-17-8-9-25(31,23(32)33)15-30(14-17)24(34)29-10-2-1-3-11-29/h4-7,12-13,17H,1-3,8-11,14-15H2,(H,32,33). The van der Waals surface area contributed by atoms with Crippen LogP contribution in [0.4, 0.5) is 13.6 Å². The van der Waals surface area contributed by atoms with Gasteiger partial charge in [0, 0.05) is 30.7 Å². The van der Waals surface area contributed by atoms with Gasteiger partial charge < -0.3 is 19.6 Å². The molecule has 5 rings (SSSR count). The SMILES string of the molecule is O=C(N1CCCCC1)N1CC2CCC(C(=O)O)(C1)N2S(=O)(=O)c1cc(F)c(Oc2ccc(Cl)cc2)c(F)c1. The molecule has 0 radical (unpaired) electrons. The van der Waals surface area contributed by atoms with E-state index in [4.69, 9.17) is 16.3 Å². The number of aliphatic carboxylic acids is 1. The fourth-order valence-electron chi connectivity index (χ4n) is 5.57. The van der Waals surface area contributed by atoms with Crippen molar-refractivity contribution >= 4 is 33.6 Å². The van der Waals surface area contributed by atoms with Crippen LogP contribution in [0.5, 0.6) is 11.5 Å². The molecule has 0 saturated carbocycles. The Hall–Kier alpha value is -2.96. The average Bonchev–Trinajstić information content (AvgIpc) is 3.15. The first-order valence-electron chi connectivity index (χ1n) is 12.3. The van der Waals surface area contributed by atoms with Crippen molar-refractivity contribution in [2.45, 2.75) is 48.6 Å². The molecule has 204 valence electrons. The molecular formula is C25H26ClF2N3O6S. The topological polar surface area (TPSA) is 107 Å². The van der Waals surface area contributed by atoms with Crippen molar-refractivity contribution in [1.82, 2.24) is 14.1 Å². The van der Waals surface area contributed by atoms with E-state index in [-0.39, 0.29) is 37.7 Å². The molecule has 3 heterocycles. The van der Waals surface area contributed by atoms with Crippen LogP contribution in [0.15, 0.2) is 41.3 Å². The van der Waals surface area contributed by atoms with Crippen LogP contribution in [0.1, 0.15) is 32.1 Å². The molecule has 1 N–H and O–H groups in total. The second kappa shape index (κ2) is 9.97. The number of ether oxygens (including phenoxy) is 1. The number of sulfonamides is 1. The zero-order chi connectivity index (χ0) is 27.2. The molecule has 2 bridgehead atoms. The molecular weight excluding hydrogens is 544 g/mol. The van der Waals surface area contributed by atoms with Crippen LogP contribution in [0.25, 0.3) is 0 Å². The number of carbonyl (C=O) groups is 2. The third-order valence-corrected chi connectivity index (χ3v) is 9.63. The fraction of sp³-hybridized carbons (Fsp3) is 0.440. The van der Waals surface area contributed by atoms with Gasteiger partial charge in [-0.3, -0.25) is 4.79 Å². The van der Waals surface area contributed by atoms with Gasteiger partial charge >= 0.3 is 12.0 Å². The van der Waals surface area contributed by atoms with Gasteiger partial charge in [-0.1, -0.05) is 11.6 Å². The molecule has 2 aromatic carbocycles. The number of amides is 2. The van der Waals surface area contributed by atoms with Crippen LogP contribution in [0.3, 0.4) is 0 Å². The van der Waals surface area contributed by atoms with E-state index in [9.17, 15) is 31.9 Å². The average molecular weight is 570 g/mol. The minimum absolute atomic E-state index is 0.00762. The lowest BCUT2D eigenvalue weighted by molar-refractivity contribution is -0.150. The first kappa shape index (κ1) is 26.6. The van der Waals surface area contributed by atoms with Gasteiger partial charge in [-0.15, -0.1) is 0 Å². The number of benzene rings is 2. The van der Waals surface area contributed by atoms with Gasteiger partial charge in [0.25, 0.3) is 0 Å². The second-order valence-corrected chi connectivity index (χ2v) is 12.1. The molecule has 2 aromatic rings. The lowest BCUT2D eigenvalue weighted by atomic mass is 9.97. The van der Waals surface area contributed by atoms with Crippen molar-refractivity contribution in [3.63, 3.8) is 0 Å². The van der Waals surface area contributed by atoms with Gasteiger partial charge in [-0.05, 0) is 68.5 Å². The molecule has 13 heteroatoms. The Labute approximate surface area is 223 Å². The van der Waals surface area contributed by atoms with Gasteiger partial charge in [0.05, 0.1) is 11.4 Å². The summed E-state index contributed by atoms with van der Waals surface area (Å²) in [7, 11) is -4.67. The number of halogens is 3. The summed E-state index contributed by atoms with van der Waals surface area (Å²) >= 11 is 5.81. The van der Waals surface area contributed by atoms with Crippen molar-refractivity contribution in [2.24, 2.45) is 0 Å². The quantitative estimate of drug-likeness (QED) is 0.575. The number of urea groups is 1. The molecule has 3 aliphatic rings. The van der Waals surface area contributed by atoms with Gasteiger partial charge in [0.15, 0.2) is 22.9 Å². The normalized spacial score (nSPS) is 23.9. The second-order valence-electron chi connectivity index (χ2n) is 9.81. The molecule has 9 nitrogen and oxygen atoms in total. The lowest BCUT2D eigenvalue weighted by Gasteiger charge is -2.46. The number of hydrogen-bond donors (Lipinski definition) is 1. The van der Waals surface area contributed by atoms with E-state index >= 15 is 0 Å². The van der Waals surface area contributed by atoms with E-state index in [1.165, 1.54) is 29.2 Å². The Morgan fingerprint density at radius 3 is 2.26 bits per heavy atom. The minimum atomic E-state index is -4.67. The molecule has 0 spiro atoms. The Morgan fingerprint density at radius 2 is 1.66 bits per heavy atom. The minimum Gasteiger partial charge on any atom is -0.480 e. The summed E-state index contributed by atoms with van der Waals surface area (Å²) in [6.45, 7) is 0.762. The fourth-order valence-corrected chi connectivity index (χ4v) is 7.68. The summed E-state index contributed by atoms with van der Waals surface area (Å²) in [6.07, 6.45) is 2.87. The van der Waals surface area contributed by atoms with E-state index in [0.717, 1.165) is 23.6 Å². The number of likely N-dealkylation sites (tertiary alicyclic amines) is 2. The van der Waals surface area contributed by atoms with Gasteiger partial charge in [0.2, 0.25) is 10.0 Å². The lowest BCUT2D eigenvalue weighted by Crippen LogP contribution is -2.68. The Balaban J connectivity index is 1.45. The van der Waals surface area contributed by atoms with Crippen LogP contribution in [0, 0.1) is 11.6 Å². The smallest absolute Gasteiger partial charge is 0.327 e. The third-order valence-electron chi connectivity index (χ3n) is 7.39. The van der Waals surface area contributed by atoms with Crippen LogP contribution in [-0.4, -0.2) is 77.4 Å². The summed E-state index contributed by atoms with van der Waals surface area (Å²) < 4.78 is 63.4. The third kappa shape index (κ3) is 4.58. The number of hydrogen-bond acceptors (Lipinski definition) is 5. The molecule has 0 aromatic heterocycles. The molecule has 2 unspecified atom stereocenters. The molecule has 3 aliphatic heterocycles. The van der Waals surface area contributed by atoms with Gasteiger partial charge in [-0.25, -0.2) is 22.0 Å². The van der Waals surface area contributed by atoms with Crippen molar-refractivity contribution in [1.29, 1.82) is 0 Å². The van der Waals surface area contributed by atoms with E-state index in [2.05, 4.69) is 0 Å². The zero-order valence-corrected chi connectivity index (χ0v) is 21.9. The largest absolute Gasteiger partial charge is 0.480 e. The van der Waals surface area contributed by atoms with Crippen molar-refractivity contribution in [3.8, 4) is 11.5 Å². The van der Waals surface area contributed by atoms with E-state index < -0.39 is 49.9 Å². The van der Waals surface area contributed by atoms with Crippen LogP contribution < -0.4 is 4.74 Å². The monoisotopic (exact) mass is 569 g/mol. The molecule has 2 atom stereocenters. The maximum Gasteiger partial charge on any atom is 0.327 e. The maximum atomic E-state index is 15.0. The number of piperidine rings is 1. The predicted molar refractivity (Wildman–Crippen MR) is 133 cm³/mol. The number of fused-ring (bicyclic) bond motifs is 2. The highest BCUT2D eigenvalue weighted by molar-refractivity contribution is 7.89. The Kier molecular flexibility index (Phi) is 6.99. The van der Waals surface area contributed by atoms with Gasteiger partial charge in [-0.2, -0.15) is 4.31 Å². The number of carbonyl (C=O) groups excluding carboxylic acids is 1. The molecule has 2 amide bonds. The van der Waals surface area contributed by atoms with Crippen LogP contribution in [0.2, 0.25) is 5.02 Å². The Morgan fingerprint density at radius 1 is 1.03 bits per heavy atom. The number of nitrogens with zero attached hydrogens (tertiary/aromatic N) is 3. The van der Waals surface area contributed by atoms with Crippen LogP contribution in [-0.2, 0) is 14.8 Å². The summed E-state index contributed by atoms with van der Waals surface area (Å²) in [4.78, 5) is 28.0. The summed E-state index contributed by atoms with van der Waals surface area (Å²) in [6, 6.07) is 5.77. The summed E-state index contributed by atoms with van der Waals surface area (Å²) in [5.74, 6) is -4.68. The highest BCUT2D eigenvalue weighted by Gasteiger charge is 2.62. The molecule has 38 heavy (non-hydrogen) atoms. The number of carboxylic acids is 1. The maximum absolute atomic E-state index is 15.0. The van der Waals surface area contributed by atoms with Crippen molar-refractivity contribution in [2.75, 3.05) is 26.2 Å². The molecule has 0 aliphatic carbocycles. The Bertz CT molecular complexity index is 1350. The van der Waals surface area contributed by atoms with E-state index in [1.54, 1.807) is 4.90 Å². The van der Waals surface area contributed by atoms with Crippen molar-refractivity contribution in [3.05, 3.63) is 53.1 Å². The first-order chi connectivity index (χ1) is 18.0. The van der Waals surface area contributed by atoms with E-state index in [0.29, 0.717) is 30.2 Å². The number of rotatable bonds is 5. The molecule has 3 saturated heterocycles. The summed E-state index contributed by atoms with van der Waals surface area (Å²) in [5.41, 5.74) is -1.95. The van der Waals surface area contributed by atoms with Gasteiger partial charge in [0.1, 0.15) is 5.75 Å². The first-order valence-corrected chi connectivity index (χ1v) is 14.1. The predicted octanol–water partition coefficient (Wildman–Crippen LogP) is 4.31. The van der Waals surface area contributed by atoms with Crippen LogP contribution >= 0.6 is 11.6 Å². The van der Waals surface area contributed by atoms with Crippen molar-refractivity contribution < 1.29 is 36.6 Å². The zero-order valence-electron chi connectivity index (χ0n) is 20.3. The summed E-state index contributed by atoms with van der Waals surface area (Å²) in [5, 5.41) is 10.6.